The molecular weight excluding hydrogens is 479 g/mol. The fourth-order valence-electron chi connectivity index (χ4n) is 3.34. The van der Waals surface area contributed by atoms with Gasteiger partial charge in [-0.05, 0) is 29.8 Å². The molecule has 1 aromatic carbocycles. The third-order valence-corrected chi connectivity index (χ3v) is 5.83. The van der Waals surface area contributed by atoms with Crippen LogP contribution in [0.25, 0.3) is 11.1 Å². The Bertz CT molecular complexity index is 1100. The summed E-state index contributed by atoms with van der Waals surface area (Å²) in [6.45, 7) is 3.35. The van der Waals surface area contributed by atoms with Crippen molar-refractivity contribution in [3.63, 3.8) is 0 Å². The van der Waals surface area contributed by atoms with Crippen molar-refractivity contribution in [1.82, 2.24) is 4.98 Å². The summed E-state index contributed by atoms with van der Waals surface area (Å²) < 4.78 is 64.4. The molecule has 8 nitrogen and oxygen atoms in total. The maximum atomic E-state index is 14.6. The number of benzene rings is 1. The van der Waals surface area contributed by atoms with Gasteiger partial charge in [0.15, 0.2) is 35.3 Å². The minimum absolute atomic E-state index is 0.0288. The molecule has 34 heavy (non-hydrogen) atoms. The van der Waals surface area contributed by atoms with Gasteiger partial charge < -0.3 is 18.9 Å². The predicted molar refractivity (Wildman–Crippen MR) is 113 cm³/mol. The highest BCUT2D eigenvalue weighted by atomic mass is 32.2. The molecule has 0 N–H and O–H groups in total. The van der Waals surface area contributed by atoms with Gasteiger partial charge in [-0.3, -0.25) is 14.4 Å². The van der Waals surface area contributed by atoms with E-state index in [0.29, 0.717) is 0 Å². The lowest BCUT2D eigenvalue weighted by atomic mass is 10.1. The third-order valence-electron chi connectivity index (χ3n) is 4.61. The van der Waals surface area contributed by atoms with E-state index < -0.39 is 65.0 Å². The van der Waals surface area contributed by atoms with Crippen LogP contribution < -0.4 is 4.74 Å². The first-order chi connectivity index (χ1) is 16.1. The molecular formula is C22H20F3NO7S. The smallest absolute Gasteiger partial charge is 0.303 e. The molecule has 12 heteroatoms. The number of esters is 3. The van der Waals surface area contributed by atoms with Gasteiger partial charge in [-0.15, -0.1) is 11.8 Å². The summed E-state index contributed by atoms with van der Waals surface area (Å²) in [7, 11) is 0. The highest BCUT2D eigenvalue weighted by Gasteiger charge is 2.48. The standard InChI is InChI=1S/C22H20F3NO7S/c1-10(27)30-17-9-34-22(20(32-12(3)29)19(17)31-11(2)28)33-16-8-13(7-15(23)18(16)24)14-5-4-6-26-21(14)25/h4-8,17,19-20,22H,9H2,1-3H3/t17-,19+,20-,22-/m1/s1. The van der Waals surface area contributed by atoms with E-state index in [1.54, 1.807) is 0 Å². The first-order valence-electron chi connectivity index (χ1n) is 9.96. The summed E-state index contributed by atoms with van der Waals surface area (Å²) >= 11 is 0.965. The van der Waals surface area contributed by atoms with Crippen molar-refractivity contribution in [1.29, 1.82) is 0 Å². The Labute approximate surface area is 196 Å². The minimum Gasteiger partial charge on any atom is -0.472 e. The van der Waals surface area contributed by atoms with Gasteiger partial charge in [0.2, 0.25) is 11.8 Å². The predicted octanol–water partition coefficient (Wildman–Crippen LogP) is 3.41. The van der Waals surface area contributed by atoms with Crippen LogP contribution in [0.1, 0.15) is 20.8 Å². The molecule has 0 spiro atoms. The zero-order chi connectivity index (χ0) is 25.0. The molecule has 0 bridgehead atoms. The zero-order valence-corrected chi connectivity index (χ0v) is 19.1. The number of thioether (sulfide) groups is 1. The molecule has 1 saturated heterocycles. The first kappa shape index (κ1) is 25.3. The van der Waals surface area contributed by atoms with Crippen LogP contribution in [-0.2, 0) is 28.6 Å². The van der Waals surface area contributed by atoms with Crippen LogP contribution in [0.3, 0.4) is 0 Å². The van der Waals surface area contributed by atoms with Crippen molar-refractivity contribution in [3.8, 4) is 16.9 Å². The summed E-state index contributed by atoms with van der Waals surface area (Å²) in [5, 5.41) is 0. The van der Waals surface area contributed by atoms with Crippen LogP contribution in [0.15, 0.2) is 30.5 Å². The van der Waals surface area contributed by atoms with Gasteiger partial charge in [0.25, 0.3) is 0 Å². The van der Waals surface area contributed by atoms with Gasteiger partial charge in [-0.25, -0.2) is 9.37 Å². The number of hydrogen-bond acceptors (Lipinski definition) is 9. The Morgan fingerprint density at radius 1 is 0.971 bits per heavy atom. The van der Waals surface area contributed by atoms with E-state index in [1.807, 2.05) is 0 Å². The summed E-state index contributed by atoms with van der Waals surface area (Å²) in [6, 6.07) is 4.62. The second-order valence-corrected chi connectivity index (χ2v) is 8.36. The number of hydrogen-bond donors (Lipinski definition) is 0. The number of carbonyl (C=O) groups is 3. The van der Waals surface area contributed by atoms with Crippen LogP contribution >= 0.6 is 11.8 Å². The van der Waals surface area contributed by atoms with E-state index in [9.17, 15) is 27.6 Å². The maximum Gasteiger partial charge on any atom is 0.303 e. The molecule has 0 amide bonds. The number of nitrogens with zero attached hydrogens (tertiary/aromatic N) is 1. The van der Waals surface area contributed by atoms with Crippen LogP contribution in [-0.4, -0.2) is 52.4 Å². The number of halogens is 3. The summed E-state index contributed by atoms with van der Waals surface area (Å²) in [5.74, 6) is -6.34. The van der Waals surface area contributed by atoms with E-state index in [0.717, 1.165) is 44.7 Å². The van der Waals surface area contributed by atoms with Gasteiger partial charge in [0, 0.05) is 38.3 Å². The molecule has 4 atom stereocenters. The Morgan fingerprint density at radius 3 is 2.24 bits per heavy atom. The fraction of sp³-hybridized carbons (Fsp3) is 0.364. The quantitative estimate of drug-likeness (QED) is 0.336. The second-order valence-electron chi connectivity index (χ2n) is 7.23. The zero-order valence-electron chi connectivity index (χ0n) is 18.3. The number of carbonyl (C=O) groups excluding carboxylic acids is 3. The molecule has 1 aromatic heterocycles. The lowest BCUT2D eigenvalue weighted by Crippen LogP contribution is -2.55. The average Bonchev–Trinajstić information content (AvgIpc) is 2.74. The number of ether oxygens (including phenoxy) is 4. The van der Waals surface area contributed by atoms with Crippen molar-refractivity contribution in [3.05, 3.63) is 48.0 Å². The van der Waals surface area contributed by atoms with E-state index >= 15 is 0 Å². The van der Waals surface area contributed by atoms with Crippen LogP contribution in [0, 0.1) is 17.6 Å². The second kappa shape index (κ2) is 10.8. The molecule has 0 saturated carbocycles. The normalized spacial score (nSPS) is 21.9. The molecule has 0 unspecified atom stereocenters. The van der Waals surface area contributed by atoms with Gasteiger partial charge >= 0.3 is 17.9 Å². The van der Waals surface area contributed by atoms with Crippen molar-refractivity contribution in [2.24, 2.45) is 0 Å². The van der Waals surface area contributed by atoms with Crippen LogP contribution in [0.2, 0.25) is 0 Å². The van der Waals surface area contributed by atoms with Gasteiger partial charge in [-0.1, -0.05) is 0 Å². The molecule has 3 rings (SSSR count). The Kier molecular flexibility index (Phi) is 8.02. The largest absolute Gasteiger partial charge is 0.472 e. The summed E-state index contributed by atoms with van der Waals surface area (Å²) in [5.41, 5.74) is -1.33. The van der Waals surface area contributed by atoms with Crippen LogP contribution in [0.4, 0.5) is 13.2 Å². The number of pyridine rings is 1. The van der Waals surface area contributed by atoms with Crippen LogP contribution in [0.5, 0.6) is 5.75 Å². The van der Waals surface area contributed by atoms with Crippen molar-refractivity contribution >= 4 is 29.7 Å². The highest BCUT2D eigenvalue weighted by molar-refractivity contribution is 7.99. The monoisotopic (exact) mass is 499 g/mol. The molecule has 1 fully saturated rings. The molecule has 0 radical (unpaired) electrons. The third kappa shape index (κ3) is 5.99. The first-order valence-corrected chi connectivity index (χ1v) is 11.0. The molecule has 2 heterocycles. The molecule has 1 aliphatic rings. The van der Waals surface area contributed by atoms with Crippen molar-refractivity contribution < 1.29 is 46.5 Å². The fourth-order valence-corrected chi connectivity index (χ4v) is 4.55. The maximum absolute atomic E-state index is 14.6. The summed E-state index contributed by atoms with van der Waals surface area (Å²) in [4.78, 5) is 38.4. The molecule has 1 aliphatic heterocycles. The Balaban J connectivity index is 1.98. The Morgan fingerprint density at radius 2 is 1.62 bits per heavy atom. The molecule has 2 aromatic rings. The van der Waals surface area contributed by atoms with Gasteiger partial charge in [0.1, 0.15) is 0 Å². The van der Waals surface area contributed by atoms with Crippen molar-refractivity contribution in [2.45, 2.75) is 44.5 Å². The van der Waals surface area contributed by atoms with Gasteiger partial charge in [0.05, 0.1) is 0 Å². The SMILES string of the molecule is CC(=O)O[C@@H]1[C@@H](OC(C)=O)[C@H](OC(C)=O)CS[C@H]1Oc1cc(-c2cccnc2F)cc(F)c1F. The van der Waals surface area contributed by atoms with E-state index in [-0.39, 0.29) is 16.9 Å². The highest BCUT2D eigenvalue weighted by Crippen LogP contribution is 2.37. The van der Waals surface area contributed by atoms with Crippen molar-refractivity contribution in [2.75, 3.05) is 5.75 Å². The lowest BCUT2D eigenvalue weighted by molar-refractivity contribution is -0.186. The lowest BCUT2D eigenvalue weighted by Gasteiger charge is -2.39. The minimum atomic E-state index is -1.36. The number of aromatic nitrogens is 1. The van der Waals surface area contributed by atoms with E-state index in [1.165, 1.54) is 18.3 Å². The van der Waals surface area contributed by atoms with E-state index in [4.69, 9.17) is 18.9 Å². The molecule has 0 aliphatic carbocycles. The topological polar surface area (TPSA) is 101 Å². The number of rotatable bonds is 6. The summed E-state index contributed by atoms with van der Waals surface area (Å²) in [6.07, 6.45) is -2.41. The average molecular weight is 499 g/mol. The Hall–Kier alpha value is -3.28. The van der Waals surface area contributed by atoms with E-state index in [2.05, 4.69) is 4.98 Å². The molecule has 182 valence electrons. The van der Waals surface area contributed by atoms with Gasteiger partial charge in [-0.2, -0.15) is 8.78 Å².